The van der Waals surface area contributed by atoms with E-state index >= 15 is 0 Å². The average Bonchev–Trinajstić information content (AvgIpc) is 3.48. The minimum Gasteiger partial charge on any atom is -0.457 e. The standard InChI is InChI=1S/C28H38F3NO6/c1-14(9-20-13-37-17(4)32-20)22-8-7-19(28(29,30)31)10-18-11-21(18)15(2)25(35)16(3)26(36)27(5,6)23(33)12-24(34)38-22/h7,9,13,15-16,18,21-23,25,33,35H,8,10-12H2,1-6H3/b14-9+,19-7+/t15-,16+,18?,21?,22-,23-,25-/m0/s1. The fourth-order valence-electron chi connectivity index (χ4n) is 5.33. The molecule has 1 aromatic heterocycles. The Hall–Kier alpha value is -2.46. The van der Waals surface area contributed by atoms with Crippen molar-refractivity contribution in [1.29, 1.82) is 0 Å². The van der Waals surface area contributed by atoms with Crippen LogP contribution >= 0.6 is 0 Å². The van der Waals surface area contributed by atoms with Gasteiger partial charge in [-0.3, -0.25) is 9.59 Å². The first-order chi connectivity index (χ1) is 17.5. The van der Waals surface area contributed by atoms with Crippen molar-refractivity contribution < 1.29 is 42.1 Å². The first kappa shape index (κ1) is 30.1. The van der Waals surface area contributed by atoms with E-state index in [9.17, 15) is 33.0 Å². The van der Waals surface area contributed by atoms with Gasteiger partial charge in [-0.05, 0) is 49.2 Å². The molecule has 1 fully saturated rings. The van der Waals surface area contributed by atoms with Crippen molar-refractivity contribution in [2.75, 3.05) is 0 Å². The van der Waals surface area contributed by atoms with Gasteiger partial charge in [0.15, 0.2) is 5.89 Å². The highest BCUT2D eigenvalue weighted by Crippen LogP contribution is 2.51. The van der Waals surface area contributed by atoms with Crippen LogP contribution in [0.2, 0.25) is 0 Å². The maximum atomic E-state index is 14.0. The molecule has 1 aromatic rings. The lowest BCUT2D eigenvalue weighted by molar-refractivity contribution is -0.154. The number of aryl methyl sites for hydroxylation is 1. The van der Waals surface area contributed by atoms with Crippen molar-refractivity contribution in [3.63, 3.8) is 0 Å². The number of oxazole rings is 1. The summed E-state index contributed by atoms with van der Waals surface area (Å²) in [5.41, 5.74) is -1.20. The number of alkyl halides is 3. The van der Waals surface area contributed by atoms with E-state index < -0.39 is 65.5 Å². The van der Waals surface area contributed by atoms with Crippen LogP contribution in [-0.2, 0) is 14.3 Å². The highest BCUT2D eigenvalue weighted by molar-refractivity contribution is 5.88. The second kappa shape index (κ2) is 11.3. The third-order valence-corrected chi connectivity index (χ3v) is 8.16. The normalized spacial score (nSPS) is 35.2. The van der Waals surface area contributed by atoms with E-state index in [-0.39, 0.29) is 24.7 Å². The Morgan fingerprint density at radius 1 is 1.18 bits per heavy atom. The number of ketones is 1. The van der Waals surface area contributed by atoms with Gasteiger partial charge in [-0.1, -0.05) is 33.8 Å². The van der Waals surface area contributed by atoms with Gasteiger partial charge in [0.1, 0.15) is 23.8 Å². The zero-order valence-electron chi connectivity index (χ0n) is 22.7. The number of aliphatic hydroxyl groups excluding tert-OH is 2. The number of hydrogen-bond donors (Lipinski definition) is 2. The van der Waals surface area contributed by atoms with Crippen molar-refractivity contribution >= 4 is 17.8 Å². The summed E-state index contributed by atoms with van der Waals surface area (Å²) in [5.74, 6) is -2.59. The predicted octanol–water partition coefficient (Wildman–Crippen LogP) is 5.20. The maximum Gasteiger partial charge on any atom is 0.412 e. The number of rotatable bonds is 2. The molecule has 7 nitrogen and oxygen atoms in total. The smallest absolute Gasteiger partial charge is 0.412 e. The van der Waals surface area contributed by atoms with Crippen LogP contribution in [0.15, 0.2) is 27.9 Å². The predicted molar refractivity (Wildman–Crippen MR) is 133 cm³/mol. The number of fused-ring (bicyclic) bond motifs is 1. The van der Waals surface area contributed by atoms with Gasteiger partial charge in [0, 0.05) is 24.8 Å². The van der Waals surface area contributed by atoms with Gasteiger partial charge >= 0.3 is 12.1 Å². The Morgan fingerprint density at radius 3 is 2.42 bits per heavy atom. The van der Waals surface area contributed by atoms with Crippen molar-refractivity contribution in [3.05, 3.63) is 35.1 Å². The molecule has 2 heterocycles. The minimum atomic E-state index is -4.57. The van der Waals surface area contributed by atoms with Crippen LogP contribution in [0.4, 0.5) is 13.2 Å². The molecule has 1 saturated carbocycles. The molecule has 2 aliphatic rings. The molecule has 7 atom stereocenters. The molecule has 212 valence electrons. The van der Waals surface area contributed by atoms with Crippen LogP contribution in [-0.4, -0.2) is 51.4 Å². The van der Waals surface area contributed by atoms with E-state index in [2.05, 4.69) is 4.98 Å². The zero-order valence-corrected chi connectivity index (χ0v) is 22.7. The number of aromatic nitrogens is 1. The lowest BCUT2D eigenvalue weighted by Crippen LogP contribution is -2.46. The number of nitrogens with zero attached hydrogens (tertiary/aromatic N) is 1. The number of carbonyl (C=O) groups excluding carboxylic acids is 2. The van der Waals surface area contributed by atoms with Gasteiger partial charge in [0.05, 0.1) is 24.0 Å². The molecule has 2 unspecified atom stereocenters. The van der Waals surface area contributed by atoms with Gasteiger partial charge in [-0.15, -0.1) is 0 Å². The monoisotopic (exact) mass is 541 g/mol. The largest absolute Gasteiger partial charge is 0.457 e. The molecule has 0 saturated heterocycles. The van der Waals surface area contributed by atoms with Gasteiger partial charge in [-0.25, -0.2) is 4.98 Å². The summed E-state index contributed by atoms with van der Waals surface area (Å²) in [6.45, 7) is 9.58. The molecule has 0 aromatic carbocycles. The third kappa shape index (κ3) is 6.94. The van der Waals surface area contributed by atoms with Crippen LogP contribution in [0.5, 0.6) is 0 Å². The molecule has 3 rings (SSSR count). The summed E-state index contributed by atoms with van der Waals surface area (Å²) >= 11 is 0. The lowest BCUT2D eigenvalue weighted by atomic mass is 9.72. The van der Waals surface area contributed by atoms with E-state index in [0.717, 1.165) is 6.08 Å². The number of Topliss-reactive ketones (excluding diaryl/α,β-unsaturated/α-hetero) is 1. The zero-order chi connectivity index (χ0) is 28.6. The molecule has 0 radical (unpaired) electrons. The van der Waals surface area contributed by atoms with Gasteiger partial charge in [0.2, 0.25) is 0 Å². The number of aliphatic hydroxyl groups is 2. The summed E-state index contributed by atoms with van der Waals surface area (Å²) < 4.78 is 52.6. The van der Waals surface area contributed by atoms with Crippen molar-refractivity contribution in [2.45, 2.75) is 91.7 Å². The molecule has 1 aliphatic carbocycles. The first-order valence-corrected chi connectivity index (χ1v) is 13.0. The highest BCUT2D eigenvalue weighted by atomic mass is 19.4. The Morgan fingerprint density at radius 2 is 1.84 bits per heavy atom. The molecule has 0 spiro atoms. The van der Waals surface area contributed by atoms with Gasteiger partial charge < -0.3 is 19.4 Å². The molecule has 0 amide bonds. The Bertz CT molecular complexity index is 1090. The fraction of sp³-hybridized carbons (Fsp3) is 0.679. The van der Waals surface area contributed by atoms with Crippen LogP contribution in [0.3, 0.4) is 0 Å². The molecular formula is C28H38F3NO6. The average molecular weight is 542 g/mol. The highest BCUT2D eigenvalue weighted by Gasteiger charge is 2.49. The number of halogens is 3. The summed E-state index contributed by atoms with van der Waals surface area (Å²) in [6.07, 6.45) is -4.57. The van der Waals surface area contributed by atoms with Crippen LogP contribution < -0.4 is 0 Å². The Balaban J connectivity index is 1.98. The van der Waals surface area contributed by atoms with Crippen LogP contribution in [0.1, 0.15) is 71.9 Å². The summed E-state index contributed by atoms with van der Waals surface area (Å²) in [6, 6.07) is 0. The minimum absolute atomic E-state index is 0.155. The number of allylic oxidation sites excluding steroid dienone is 1. The number of cyclic esters (lactones) is 1. The van der Waals surface area contributed by atoms with E-state index in [0.29, 0.717) is 23.6 Å². The van der Waals surface area contributed by atoms with Crippen molar-refractivity contribution in [1.82, 2.24) is 4.98 Å². The summed E-state index contributed by atoms with van der Waals surface area (Å²) in [5, 5.41) is 21.7. The maximum absolute atomic E-state index is 14.0. The number of carbonyl (C=O) groups is 2. The van der Waals surface area contributed by atoms with Gasteiger partial charge in [-0.2, -0.15) is 13.2 Å². The summed E-state index contributed by atoms with van der Waals surface area (Å²) in [4.78, 5) is 30.3. The van der Waals surface area contributed by atoms with E-state index in [1.165, 1.54) is 20.1 Å². The van der Waals surface area contributed by atoms with Gasteiger partial charge in [0.25, 0.3) is 0 Å². The van der Waals surface area contributed by atoms with E-state index in [1.807, 2.05) is 0 Å². The Kier molecular flexibility index (Phi) is 8.98. The molecule has 10 heteroatoms. The second-order valence-electron chi connectivity index (χ2n) is 11.4. The van der Waals surface area contributed by atoms with E-state index in [1.54, 1.807) is 33.8 Å². The molecule has 2 N–H and O–H groups in total. The molecule has 1 aliphatic heterocycles. The van der Waals surface area contributed by atoms with Crippen LogP contribution in [0, 0.1) is 36.0 Å². The quantitative estimate of drug-likeness (QED) is 0.391. The number of hydrogen-bond acceptors (Lipinski definition) is 7. The summed E-state index contributed by atoms with van der Waals surface area (Å²) in [7, 11) is 0. The SMILES string of the molecule is C/C(=C\c1coc(C)n1)[C@@H]1C/C=C(/C(F)(F)F)CC2CC2[C@H](C)[C@H](O)[C@@H](C)C(=O)C(C)(C)[C@@H](O)CC(=O)O1. The Labute approximate surface area is 221 Å². The molecule has 0 bridgehead atoms. The van der Waals surface area contributed by atoms with Crippen molar-refractivity contribution in [2.24, 2.45) is 29.1 Å². The molecular weight excluding hydrogens is 503 g/mol. The van der Waals surface area contributed by atoms with E-state index in [4.69, 9.17) is 9.15 Å². The third-order valence-electron chi connectivity index (χ3n) is 8.16. The lowest BCUT2D eigenvalue weighted by Gasteiger charge is -2.34. The fourth-order valence-corrected chi connectivity index (χ4v) is 5.33. The topological polar surface area (TPSA) is 110 Å². The van der Waals surface area contributed by atoms with Crippen LogP contribution in [0.25, 0.3) is 6.08 Å². The first-order valence-electron chi connectivity index (χ1n) is 13.0. The number of esters is 1. The second-order valence-corrected chi connectivity index (χ2v) is 11.4. The van der Waals surface area contributed by atoms with Crippen molar-refractivity contribution in [3.8, 4) is 0 Å². The molecule has 38 heavy (non-hydrogen) atoms. The number of ether oxygens (including phenoxy) is 1.